The lowest BCUT2D eigenvalue weighted by molar-refractivity contribution is 0.0600. The third-order valence-corrected chi connectivity index (χ3v) is 5.41. The highest BCUT2D eigenvalue weighted by molar-refractivity contribution is 6.32. The summed E-state index contributed by atoms with van der Waals surface area (Å²) >= 11 is 6.29. The monoisotopic (exact) mass is 406 g/mol. The molecule has 2 aromatic rings. The number of methoxy groups -OCH3 is 2. The number of anilines is 1. The quantitative estimate of drug-likeness (QED) is 0.706. The average Bonchev–Trinajstić information content (AvgIpc) is 2.70. The Balaban J connectivity index is 2.13. The van der Waals surface area contributed by atoms with Crippen LogP contribution in [0.25, 0.3) is 0 Å². The van der Waals surface area contributed by atoms with Gasteiger partial charge in [0.1, 0.15) is 11.6 Å². The number of esters is 1. The van der Waals surface area contributed by atoms with Crippen molar-refractivity contribution in [2.45, 2.75) is 19.5 Å². The lowest BCUT2D eigenvalue weighted by atomic mass is 9.98. The van der Waals surface area contributed by atoms with Gasteiger partial charge in [-0.25, -0.2) is 14.0 Å². The Labute approximate surface area is 167 Å². The van der Waals surface area contributed by atoms with Crippen molar-refractivity contribution in [1.82, 2.24) is 4.90 Å². The second kappa shape index (κ2) is 7.67. The van der Waals surface area contributed by atoms with Crippen molar-refractivity contribution in [2.75, 3.05) is 26.2 Å². The molecular formula is C20H20ClFN2O4. The van der Waals surface area contributed by atoms with E-state index in [1.54, 1.807) is 30.1 Å². The zero-order chi connectivity index (χ0) is 20.6. The zero-order valence-electron chi connectivity index (χ0n) is 16.0. The molecule has 0 saturated carbocycles. The van der Waals surface area contributed by atoms with Gasteiger partial charge in [-0.05, 0) is 36.8 Å². The molecule has 0 spiro atoms. The number of rotatable bonds is 4. The van der Waals surface area contributed by atoms with Crippen LogP contribution in [0.15, 0.2) is 30.3 Å². The molecule has 0 saturated heterocycles. The van der Waals surface area contributed by atoms with Crippen LogP contribution in [0.3, 0.4) is 0 Å². The van der Waals surface area contributed by atoms with E-state index >= 15 is 0 Å². The van der Waals surface area contributed by atoms with E-state index in [0.29, 0.717) is 17.0 Å². The molecule has 1 aliphatic rings. The number of benzene rings is 2. The highest BCUT2D eigenvalue weighted by Crippen LogP contribution is 2.39. The summed E-state index contributed by atoms with van der Waals surface area (Å²) in [7, 11) is 4.38. The number of hydrogen-bond acceptors (Lipinski definition) is 4. The molecule has 1 atom stereocenters. The largest absolute Gasteiger partial charge is 0.495 e. The van der Waals surface area contributed by atoms with Crippen LogP contribution < -0.4 is 9.64 Å². The first kappa shape index (κ1) is 19.9. The molecule has 2 aromatic carbocycles. The van der Waals surface area contributed by atoms with Gasteiger partial charge in [0.15, 0.2) is 0 Å². The van der Waals surface area contributed by atoms with E-state index in [-0.39, 0.29) is 29.2 Å². The van der Waals surface area contributed by atoms with Crippen molar-refractivity contribution in [3.8, 4) is 5.75 Å². The number of carbonyl (C=O) groups is 2. The number of carbonyl (C=O) groups excluding carboxylic acids is 2. The minimum atomic E-state index is -0.550. The van der Waals surface area contributed by atoms with Gasteiger partial charge >= 0.3 is 12.0 Å². The van der Waals surface area contributed by atoms with Crippen LogP contribution in [0.2, 0.25) is 5.02 Å². The number of fused-ring (bicyclic) bond motifs is 1. The van der Waals surface area contributed by atoms with E-state index in [0.717, 1.165) is 5.56 Å². The van der Waals surface area contributed by atoms with Gasteiger partial charge in [0.2, 0.25) is 0 Å². The highest BCUT2D eigenvalue weighted by Gasteiger charge is 2.34. The van der Waals surface area contributed by atoms with E-state index in [2.05, 4.69) is 0 Å². The van der Waals surface area contributed by atoms with Gasteiger partial charge in [-0.3, -0.25) is 4.90 Å². The first-order valence-corrected chi connectivity index (χ1v) is 8.95. The van der Waals surface area contributed by atoms with Gasteiger partial charge in [-0.15, -0.1) is 0 Å². The molecule has 0 aromatic heterocycles. The Bertz CT molecular complexity index is 950. The molecule has 0 radical (unpaired) electrons. The molecule has 3 rings (SSSR count). The maximum absolute atomic E-state index is 14.5. The minimum absolute atomic E-state index is 0.0993. The number of halogens is 2. The van der Waals surface area contributed by atoms with Crippen molar-refractivity contribution in [1.29, 1.82) is 0 Å². The lowest BCUT2D eigenvalue weighted by Gasteiger charge is -2.39. The molecule has 0 bridgehead atoms. The fourth-order valence-corrected chi connectivity index (χ4v) is 3.52. The first-order chi connectivity index (χ1) is 13.3. The molecule has 1 heterocycles. The third kappa shape index (κ3) is 3.26. The highest BCUT2D eigenvalue weighted by atomic mass is 35.5. The van der Waals surface area contributed by atoms with Crippen LogP contribution in [-0.2, 0) is 11.3 Å². The van der Waals surface area contributed by atoms with Crippen molar-refractivity contribution in [3.05, 3.63) is 57.9 Å². The Kier molecular flexibility index (Phi) is 5.47. The molecule has 6 nitrogen and oxygen atoms in total. The van der Waals surface area contributed by atoms with Crippen LogP contribution in [-0.4, -0.2) is 38.2 Å². The van der Waals surface area contributed by atoms with Crippen molar-refractivity contribution in [3.63, 3.8) is 0 Å². The second-order valence-corrected chi connectivity index (χ2v) is 6.84. The normalized spacial score (nSPS) is 16.1. The summed E-state index contributed by atoms with van der Waals surface area (Å²) in [6.45, 7) is 1.76. The maximum atomic E-state index is 14.5. The molecule has 0 fully saturated rings. The topological polar surface area (TPSA) is 59.1 Å². The molecule has 148 valence electrons. The Hall–Kier alpha value is -2.80. The SMILES string of the molecule is COC(=O)c1ccc2c(c1)N(Cc1c(F)ccc(OC)c1Cl)C(=O)N(C)[C@H]2C. The van der Waals surface area contributed by atoms with Crippen molar-refractivity contribution < 1.29 is 23.5 Å². The molecule has 0 aliphatic carbocycles. The zero-order valence-corrected chi connectivity index (χ0v) is 16.7. The van der Waals surface area contributed by atoms with Crippen LogP contribution in [0.1, 0.15) is 34.5 Å². The van der Waals surface area contributed by atoms with Crippen LogP contribution in [0.5, 0.6) is 5.75 Å². The Morgan fingerprint density at radius 1 is 1.25 bits per heavy atom. The number of urea groups is 1. The first-order valence-electron chi connectivity index (χ1n) is 8.57. The van der Waals surface area contributed by atoms with Gasteiger partial charge in [-0.1, -0.05) is 17.7 Å². The van der Waals surface area contributed by atoms with Crippen LogP contribution in [0.4, 0.5) is 14.9 Å². The van der Waals surface area contributed by atoms with Gasteiger partial charge < -0.3 is 14.4 Å². The predicted octanol–water partition coefficient (Wildman–Crippen LogP) is 4.41. The maximum Gasteiger partial charge on any atom is 0.337 e. The third-order valence-electron chi connectivity index (χ3n) is 4.99. The molecule has 0 N–H and O–H groups in total. The van der Waals surface area contributed by atoms with E-state index < -0.39 is 11.8 Å². The summed E-state index contributed by atoms with van der Waals surface area (Å²) in [6, 6.07) is 7.11. The number of ether oxygens (including phenoxy) is 2. The summed E-state index contributed by atoms with van der Waals surface area (Å²) in [4.78, 5) is 27.9. The van der Waals surface area contributed by atoms with Crippen molar-refractivity contribution in [2.24, 2.45) is 0 Å². The van der Waals surface area contributed by atoms with Crippen LogP contribution in [0, 0.1) is 5.82 Å². The number of hydrogen-bond donors (Lipinski definition) is 0. The summed E-state index contributed by atoms with van der Waals surface area (Å²) in [5.41, 5.74) is 1.77. The molecule has 8 heteroatoms. The molecule has 2 amide bonds. The summed E-state index contributed by atoms with van der Waals surface area (Å²) in [5.74, 6) is -0.759. The van der Waals surface area contributed by atoms with Gasteiger partial charge in [0.25, 0.3) is 0 Å². The van der Waals surface area contributed by atoms with E-state index in [1.165, 1.54) is 31.3 Å². The summed E-state index contributed by atoms with van der Waals surface area (Å²) in [6.07, 6.45) is 0. The Morgan fingerprint density at radius 2 is 1.96 bits per heavy atom. The molecule has 1 aliphatic heterocycles. The molecular weight excluding hydrogens is 387 g/mol. The van der Waals surface area contributed by atoms with E-state index in [9.17, 15) is 14.0 Å². The van der Waals surface area contributed by atoms with Gasteiger partial charge in [0.05, 0.1) is 43.1 Å². The standard InChI is InChI=1S/C20H20ClFN2O4/c1-11-13-6-5-12(19(25)28-4)9-16(13)24(20(26)23(11)2)10-14-15(22)7-8-17(27-3)18(14)21/h5-9,11H,10H2,1-4H3/t11-/m0/s1. The van der Waals surface area contributed by atoms with Crippen molar-refractivity contribution >= 4 is 29.3 Å². The van der Waals surface area contributed by atoms with Gasteiger partial charge in [0, 0.05) is 12.6 Å². The lowest BCUT2D eigenvalue weighted by Crippen LogP contribution is -2.46. The fourth-order valence-electron chi connectivity index (χ4n) is 3.23. The van der Waals surface area contributed by atoms with E-state index in [4.69, 9.17) is 21.1 Å². The number of amides is 2. The minimum Gasteiger partial charge on any atom is -0.495 e. The Morgan fingerprint density at radius 3 is 2.61 bits per heavy atom. The second-order valence-electron chi connectivity index (χ2n) is 6.46. The fraction of sp³-hybridized carbons (Fsp3) is 0.300. The smallest absolute Gasteiger partial charge is 0.337 e. The summed E-state index contributed by atoms with van der Waals surface area (Å²) in [5, 5.41) is 0.0993. The summed E-state index contributed by atoms with van der Waals surface area (Å²) < 4.78 is 24.4. The molecule has 28 heavy (non-hydrogen) atoms. The number of nitrogens with zero attached hydrogens (tertiary/aromatic N) is 2. The van der Waals surface area contributed by atoms with Crippen LogP contribution >= 0.6 is 11.6 Å². The van der Waals surface area contributed by atoms with E-state index in [1.807, 2.05) is 6.92 Å². The molecule has 0 unspecified atom stereocenters. The predicted molar refractivity (Wildman–Crippen MR) is 104 cm³/mol. The van der Waals surface area contributed by atoms with Gasteiger partial charge in [-0.2, -0.15) is 0 Å². The average molecular weight is 407 g/mol.